The van der Waals surface area contributed by atoms with Gasteiger partial charge in [0.2, 0.25) is 13.6 Å². The Morgan fingerprint density at radius 2 is 1.62 bits per heavy atom. The molecule has 0 radical (unpaired) electrons. The van der Waals surface area contributed by atoms with Gasteiger partial charge in [-0.1, -0.05) is 61.5 Å². The van der Waals surface area contributed by atoms with Crippen LogP contribution in [0.2, 0.25) is 0 Å². The van der Waals surface area contributed by atoms with Crippen LogP contribution in [0.3, 0.4) is 0 Å². The molecule has 34 heavy (non-hydrogen) atoms. The highest BCUT2D eigenvalue weighted by Crippen LogP contribution is 2.50. The first-order valence-electron chi connectivity index (χ1n) is 11.8. The van der Waals surface area contributed by atoms with E-state index in [9.17, 15) is 0 Å². The Balaban J connectivity index is 1.53. The van der Waals surface area contributed by atoms with Crippen LogP contribution >= 0.6 is 0 Å². The molecule has 4 heteroatoms. The molecule has 0 bridgehead atoms. The standard InChI is InChI=1S/C30H24O4/c1-18-6-5-9-23-29(21(12-19-7-3-2-4-8-19)14-27-30(23)34-17-33-27)22-11-10-20-13-25-26(32-16-31-25)15-24(20)28(18)22/h2-5,7-11,13-15,18H,6,12,16-17H2,1H3. The SMILES string of the molecule is CC1CC=Cc2c3c(cc(Cc4ccccc4)c2-c2ccc4cc5c(cc4c21)OCO5)OCO3. The lowest BCUT2D eigenvalue weighted by Gasteiger charge is -2.25. The van der Waals surface area contributed by atoms with E-state index in [1.807, 2.05) is 0 Å². The van der Waals surface area contributed by atoms with Crippen LogP contribution in [0.5, 0.6) is 23.0 Å². The molecule has 0 amide bonds. The van der Waals surface area contributed by atoms with Gasteiger partial charge in [0.05, 0.1) is 0 Å². The van der Waals surface area contributed by atoms with Gasteiger partial charge in [-0.3, -0.25) is 0 Å². The molecule has 1 aliphatic carbocycles. The fourth-order valence-corrected chi connectivity index (χ4v) is 5.55. The summed E-state index contributed by atoms with van der Waals surface area (Å²) in [6.07, 6.45) is 6.26. The number of allylic oxidation sites excluding steroid dienone is 1. The molecule has 0 fully saturated rings. The maximum absolute atomic E-state index is 5.98. The quantitative estimate of drug-likeness (QED) is 0.328. The molecule has 0 N–H and O–H groups in total. The van der Waals surface area contributed by atoms with E-state index in [-0.39, 0.29) is 13.6 Å². The summed E-state index contributed by atoms with van der Waals surface area (Å²) >= 11 is 0. The second-order valence-electron chi connectivity index (χ2n) is 9.21. The zero-order valence-electron chi connectivity index (χ0n) is 19.0. The van der Waals surface area contributed by atoms with E-state index in [0.717, 1.165) is 41.4 Å². The molecule has 3 aliphatic rings. The van der Waals surface area contributed by atoms with Crippen LogP contribution in [0.15, 0.2) is 66.7 Å². The normalized spacial score (nSPS) is 17.3. The van der Waals surface area contributed by atoms with E-state index >= 15 is 0 Å². The zero-order chi connectivity index (χ0) is 22.6. The summed E-state index contributed by atoms with van der Waals surface area (Å²) in [6.45, 7) is 2.84. The van der Waals surface area contributed by atoms with Crippen molar-refractivity contribution >= 4 is 16.8 Å². The molecular formula is C30H24O4. The monoisotopic (exact) mass is 448 g/mol. The van der Waals surface area contributed by atoms with Crippen molar-refractivity contribution in [2.45, 2.75) is 25.7 Å². The van der Waals surface area contributed by atoms with Crippen LogP contribution in [0.4, 0.5) is 0 Å². The third-order valence-corrected chi connectivity index (χ3v) is 7.11. The molecular weight excluding hydrogens is 424 g/mol. The first-order chi connectivity index (χ1) is 16.8. The number of hydrogen-bond donors (Lipinski definition) is 0. The topological polar surface area (TPSA) is 36.9 Å². The van der Waals surface area contributed by atoms with Crippen LogP contribution in [0, 0.1) is 0 Å². The molecule has 7 rings (SSSR count). The fraction of sp³-hybridized carbons (Fsp3) is 0.200. The number of rotatable bonds is 2. The van der Waals surface area contributed by atoms with E-state index in [1.54, 1.807) is 0 Å². The molecule has 4 nitrogen and oxygen atoms in total. The summed E-state index contributed by atoms with van der Waals surface area (Å²) < 4.78 is 23.2. The largest absolute Gasteiger partial charge is 0.454 e. The number of fused-ring (bicyclic) bond motifs is 8. The highest BCUT2D eigenvalue weighted by atomic mass is 16.7. The first kappa shape index (κ1) is 19.5. The Hall–Kier alpha value is -3.92. The second kappa shape index (κ2) is 7.56. The predicted octanol–water partition coefficient (Wildman–Crippen LogP) is 7.08. The molecule has 1 atom stereocenters. The van der Waals surface area contributed by atoms with Crippen LogP contribution in [0.1, 0.15) is 41.5 Å². The highest BCUT2D eigenvalue weighted by Gasteiger charge is 2.28. The summed E-state index contributed by atoms with van der Waals surface area (Å²) in [5.74, 6) is 3.65. The van der Waals surface area contributed by atoms with Gasteiger partial charge in [0.1, 0.15) is 0 Å². The summed E-state index contributed by atoms with van der Waals surface area (Å²) in [5, 5.41) is 2.39. The molecule has 4 aromatic carbocycles. The van der Waals surface area contributed by atoms with Crippen LogP contribution in [-0.2, 0) is 6.42 Å². The number of benzene rings is 4. The fourth-order valence-electron chi connectivity index (χ4n) is 5.55. The Morgan fingerprint density at radius 1 is 0.824 bits per heavy atom. The average molecular weight is 449 g/mol. The van der Waals surface area contributed by atoms with Crippen LogP contribution in [0.25, 0.3) is 28.0 Å². The van der Waals surface area contributed by atoms with E-state index in [0.29, 0.717) is 5.92 Å². The second-order valence-corrected chi connectivity index (χ2v) is 9.21. The van der Waals surface area contributed by atoms with Crippen molar-refractivity contribution < 1.29 is 18.9 Å². The van der Waals surface area contributed by atoms with Gasteiger partial charge < -0.3 is 18.9 Å². The van der Waals surface area contributed by atoms with Gasteiger partial charge in [-0.25, -0.2) is 0 Å². The third-order valence-electron chi connectivity index (χ3n) is 7.11. The molecule has 0 spiro atoms. The maximum Gasteiger partial charge on any atom is 0.231 e. The summed E-state index contributed by atoms with van der Waals surface area (Å²) in [6, 6.07) is 21.5. The van der Waals surface area contributed by atoms with Gasteiger partial charge in [0.15, 0.2) is 23.0 Å². The van der Waals surface area contributed by atoms with Gasteiger partial charge in [0, 0.05) is 5.56 Å². The Morgan fingerprint density at radius 3 is 2.50 bits per heavy atom. The Labute approximate surface area is 198 Å². The minimum atomic E-state index is 0.259. The van der Waals surface area contributed by atoms with Crippen LogP contribution in [-0.4, -0.2) is 13.6 Å². The minimum absolute atomic E-state index is 0.259. The summed E-state index contributed by atoms with van der Waals surface area (Å²) in [4.78, 5) is 0. The summed E-state index contributed by atoms with van der Waals surface area (Å²) in [5.41, 5.74) is 7.44. The third kappa shape index (κ3) is 2.98. The zero-order valence-corrected chi connectivity index (χ0v) is 19.0. The predicted molar refractivity (Wildman–Crippen MR) is 133 cm³/mol. The first-order valence-corrected chi connectivity index (χ1v) is 11.8. The van der Waals surface area contributed by atoms with Gasteiger partial charge in [-0.2, -0.15) is 0 Å². The molecule has 4 aromatic rings. The molecule has 0 saturated carbocycles. The molecule has 1 unspecified atom stereocenters. The lowest BCUT2D eigenvalue weighted by molar-refractivity contribution is 0.173. The Bertz CT molecular complexity index is 1470. The lowest BCUT2D eigenvalue weighted by Crippen LogP contribution is -2.04. The van der Waals surface area contributed by atoms with Gasteiger partial charge in [-0.15, -0.1) is 0 Å². The Kier molecular flexibility index (Phi) is 4.34. The van der Waals surface area contributed by atoms with E-state index in [2.05, 4.69) is 79.7 Å². The van der Waals surface area contributed by atoms with Crippen molar-refractivity contribution in [1.29, 1.82) is 0 Å². The maximum atomic E-state index is 5.98. The van der Waals surface area contributed by atoms with Crippen molar-refractivity contribution in [3.63, 3.8) is 0 Å². The lowest BCUT2D eigenvalue weighted by atomic mass is 9.79. The van der Waals surface area contributed by atoms with E-state index in [4.69, 9.17) is 18.9 Å². The van der Waals surface area contributed by atoms with E-state index in [1.165, 1.54) is 38.6 Å². The number of hydrogen-bond acceptors (Lipinski definition) is 4. The van der Waals surface area contributed by atoms with Gasteiger partial charge in [0.25, 0.3) is 0 Å². The molecule has 0 saturated heterocycles. The number of ether oxygens (including phenoxy) is 4. The average Bonchev–Trinajstić information content (AvgIpc) is 3.50. The van der Waals surface area contributed by atoms with Crippen molar-refractivity contribution in [2.75, 3.05) is 13.6 Å². The molecule has 2 aliphatic heterocycles. The molecule has 168 valence electrons. The van der Waals surface area contributed by atoms with Crippen molar-refractivity contribution in [3.05, 3.63) is 89.0 Å². The van der Waals surface area contributed by atoms with Gasteiger partial charge in [-0.05, 0) is 75.5 Å². The van der Waals surface area contributed by atoms with E-state index < -0.39 is 0 Å². The molecule has 0 aromatic heterocycles. The van der Waals surface area contributed by atoms with Crippen molar-refractivity contribution in [1.82, 2.24) is 0 Å². The van der Waals surface area contributed by atoms with Gasteiger partial charge >= 0.3 is 0 Å². The minimum Gasteiger partial charge on any atom is -0.454 e. The van der Waals surface area contributed by atoms with Crippen LogP contribution < -0.4 is 18.9 Å². The summed E-state index contributed by atoms with van der Waals surface area (Å²) in [7, 11) is 0. The van der Waals surface area contributed by atoms with Crippen molar-refractivity contribution in [3.8, 4) is 34.1 Å². The highest BCUT2D eigenvalue weighted by molar-refractivity contribution is 5.97. The van der Waals surface area contributed by atoms with Crippen molar-refractivity contribution in [2.24, 2.45) is 0 Å². The smallest absolute Gasteiger partial charge is 0.231 e. The molecule has 2 heterocycles.